The molecule has 2 aromatic rings. The van der Waals surface area contributed by atoms with Crippen LogP contribution >= 0.6 is 15.9 Å². The highest BCUT2D eigenvalue weighted by Crippen LogP contribution is 2.31. The Bertz CT molecular complexity index is 514. The maximum atomic E-state index is 5.65. The molecule has 3 nitrogen and oxygen atoms in total. The van der Waals surface area contributed by atoms with Crippen LogP contribution in [0, 0.1) is 0 Å². The Morgan fingerprint density at radius 3 is 2.75 bits per heavy atom. The number of ether oxygens (including phenoxy) is 1. The predicted molar refractivity (Wildman–Crippen MR) is 68.3 cm³/mol. The van der Waals surface area contributed by atoms with E-state index in [2.05, 4.69) is 20.9 Å². The van der Waals surface area contributed by atoms with Crippen molar-refractivity contribution in [3.63, 3.8) is 0 Å². The summed E-state index contributed by atoms with van der Waals surface area (Å²) in [5, 5.41) is 0. The highest BCUT2D eigenvalue weighted by atomic mass is 79.9. The molecule has 1 heterocycles. The molecular weight excluding hydrogens is 268 g/mol. The third kappa shape index (κ3) is 2.02. The first-order valence-electron chi connectivity index (χ1n) is 4.77. The van der Waals surface area contributed by atoms with Gasteiger partial charge in [-0.05, 0) is 28.1 Å². The van der Waals surface area contributed by atoms with Gasteiger partial charge in [0.1, 0.15) is 11.6 Å². The summed E-state index contributed by atoms with van der Waals surface area (Å²) in [6, 6.07) is 9.72. The van der Waals surface area contributed by atoms with Gasteiger partial charge in [0.25, 0.3) is 0 Å². The average Bonchev–Trinajstić information content (AvgIpc) is 2.32. The number of aromatic nitrogens is 1. The van der Waals surface area contributed by atoms with Gasteiger partial charge in [0.05, 0.1) is 11.6 Å². The van der Waals surface area contributed by atoms with Crippen molar-refractivity contribution in [2.45, 2.75) is 0 Å². The number of hydrogen-bond acceptors (Lipinski definition) is 3. The number of methoxy groups -OCH3 is 1. The minimum Gasteiger partial charge on any atom is -0.496 e. The first-order valence-corrected chi connectivity index (χ1v) is 5.56. The summed E-state index contributed by atoms with van der Waals surface area (Å²) in [5.74, 6) is 1.31. The molecule has 0 saturated carbocycles. The number of anilines is 1. The second-order valence-electron chi connectivity index (χ2n) is 3.29. The van der Waals surface area contributed by atoms with E-state index >= 15 is 0 Å². The van der Waals surface area contributed by atoms with Crippen LogP contribution in [0.25, 0.3) is 11.1 Å². The molecule has 0 aliphatic heterocycles. The van der Waals surface area contributed by atoms with E-state index in [1.165, 1.54) is 0 Å². The Hall–Kier alpha value is -1.55. The van der Waals surface area contributed by atoms with Crippen LogP contribution in [0.5, 0.6) is 5.75 Å². The molecule has 0 atom stereocenters. The maximum absolute atomic E-state index is 5.65. The molecule has 0 unspecified atom stereocenters. The van der Waals surface area contributed by atoms with Gasteiger partial charge in [-0.1, -0.05) is 18.2 Å². The minimum absolute atomic E-state index is 0.485. The molecule has 0 spiro atoms. The third-order valence-electron chi connectivity index (χ3n) is 2.29. The van der Waals surface area contributed by atoms with Crippen LogP contribution < -0.4 is 10.5 Å². The van der Waals surface area contributed by atoms with Crippen molar-refractivity contribution in [1.82, 2.24) is 4.98 Å². The number of benzene rings is 1. The SMILES string of the molecule is COc1ccccc1-c1cnc(N)c(Br)c1. The number of hydrogen-bond donors (Lipinski definition) is 1. The lowest BCUT2D eigenvalue weighted by Crippen LogP contribution is -1.93. The fourth-order valence-corrected chi connectivity index (χ4v) is 1.83. The zero-order valence-electron chi connectivity index (χ0n) is 8.77. The number of halogens is 1. The molecule has 4 heteroatoms. The highest BCUT2D eigenvalue weighted by molar-refractivity contribution is 9.10. The number of para-hydroxylation sites is 1. The van der Waals surface area contributed by atoms with Crippen LogP contribution in [0.2, 0.25) is 0 Å². The molecule has 0 amide bonds. The molecule has 0 fully saturated rings. The predicted octanol–water partition coefficient (Wildman–Crippen LogP) is 3.10. The Morgan fingerprint density at radius 1 is 1.31 bits per heavy atom. The summed E-state index contributed by atoms with van der Waals surface area (Å²) in [6.07, 6.45) is 1.73. The van der Waals surface area contributed by atoms with Crippen LogP contribution in [0.15, 0.2) is 41.0 Å². The standard InChI is InChI=1S/C12H11BrN2O/c1-16-11-5-3-2-4-9(11)8-6-10(13)12(14)15-7-8/h2-7H,1H3,(H2,14,15). The number of nitrogen functional groups attached to an aromatic ring is 1. The summed E-state index contributed by atoms with van der Waals surface area (Å²) in [7, 11) is 1.65. The van der Waals surface area contributed by atoms with Crippen molar-refractivity contribution in [3.05, 3.63) is 41.0 Å². The minimum atomic E-state index is 0.485. The normalized spacial score (nSPS) is 10.1. The summed E-state index contributed by atoms with van der Waals surface area (Å²) in [4.78, 5) is 4.11. The van der Waals surface area contributed by atoms with Crippen LogP contribution in [-0.4, -0.2) is 12.1 Å². The second kappa shape index (κ2) is 4.53. The van der Waals surface area contributed by atoms with E-state index in [1.54, 1.807) is 13.3 Å². The lowest BCUT2D eigenvalue weighted by Gasteiger charge is -2.08. The van der Waals surface area contributed by atoms with E-state index in [1.807, 2.05) is 30.3 Å². The molecule has 0 radical (unpaired) electrons. The van der Waals surface area contributed by atoms with Gasteiger partial charge in [-0.2, -0.15) is 0 Å². The lowest BCUT2D eigenvalue weighted by atomic mass is 10.1. The van der Waals surface area contributed by atoms with E-state index in [4.69, 9.17) is 10.5 Å². The number of pyridine rings is 1. The fraction of sp³-hybridized carbons (Fsp3) is 0.0833. The van der Waals surface area contributed by atoms with Crippen molar-refractivity contribution >= 4 is 21.7 Å². The van der Waals surface area contributed by atoms with Crippen LogP contribution in [0.1, 0.15) is 0 Å². The third-order valence-corrected chi connectivity index (χ3v) is 2.92. The van der Waals surface area contributed by atoms with E-state index in [0.717, 1.165) is 21.3 Å². The van der Waals surface area contributed by atoms with Gasteiger partial charge in [-0.3, -0.25) is 0 Å². The Morgan fingerprint density at radius 2 is 2.06 bits per heavy atom. The smallest absolute Gasteiger partial charge is 0.137 e. The van der Waals surface area contributed by atoms with Gasteiger partial charge in [0.2, 0.25) is 0 Å². The van der Waals surface area contributed by atoms with E-state index in [-0.39, 0.29) is 0 Å². The maximum Gasteiger partial charge on any atom is 0.137 e. The van der Waals surface area contributed by atoms with Gasteiger partial charge in [0, 0.05) is 17.3 Å². The largest absolute Gasteiger partial charge is 0.496 e. The molecule has 0 aliphatic rings. The van der Waals surface area contributed by atoms with Crippen LogP contribution in [0.4, 0.5) is 5.82 Å². The van der Waals surface area contributed by atoms with Gasteiger partial charge in [-0.15, -0.1) is 0 Å². The van der Waals surface area contributed by atoms with Gasteiger partial charge in [-0.25, -0.2) is 4.98 Å². The summed E-state index contributed by atoms with van der Waals surface area (Å²) < 4.78 is 6.08. The highest BCUT2D eigenvalue weighted by Gasteiger charge is 2.06. The fourth-order valence-electron chi connectivity index (χ4n) is 1.48. The van der Waals surface area contributed by atoms with E-state index < -0.39 is 0 Å². The first kappa shape index (κ1) is 11.0. The Labute approximate surface area is 102 Å². The summed E-state index contributed by atoms with van der Waals surface area (Å²) in [5.41, 5.74) is 7.62. The van der Waals surface area contributed by atoms with Crippen molar-refractivity contribution in [2.24, 2.45) is 0 Å². The lowest BCUT2D eigenvalue weighted by molar-refractivity contribution is 0.416. The zero-order chi connectivity index (χ0) is 11.5. The summed E-state index contributed by atoms with van der Waals surface area (Å²) in [6.45, 7) is 0. The van der Waals surface area contributed by atoms with Crippen molar-refractivity contribution in [2.75, 3.05) is 12.8 Å². The van der Waals surface area contributed by atoms with Gasteiger partial charge >= 0.3 is 0 Å². The monoisotopic (exact) mass is 278 g/mol. The van der Waals surface area contributed by atoms with Crippen LogP contribution in [0.3, 0.4) is 0 Å². The molecule has 1 aromatic heterocycles. The first-order chi connectivity index (χ1) is 7.72. The van der Waals surface area contributed by atoms with Crippen molar-refractivity contribution in [3.8, 4) is 16.9 Å². The number of nitrogens with two attached hydrogens (primary N) is 1. The topological polar surface area (TPSA) is 48.1 Å². The van der Waals surface area contributed by atoms with E-state index in [0.29, 0.717) is 5.82 Å². The number of rotatable bonds is 2. The Kier molecular flexibility index (Phi) is 3.10. The number of nitrogens with zero attached hydrogens (tertiary/aromatic N) is 1. The summed E-state index contributed by atoms with van der Waals surface area (Å²) >= 11 is 3.36. The Balaban J connectivity index is 2.54. The molecular formula is C12H11BrN2O. The molecule has 0 aliphatic carbocycles. The molecule has 2 rings (SSSR count). The van der Waals surface area contributed by atoms with Crippen LogP contribution in [-0.2, 0) is 0 Å². The molecule has 16 heavy (non-hydrogen) atoms. The zero-order valence-corrected chi connectivity index (χ0v) is 10.4. The molecule has 1 aromatic carbocycles. The van der Waals surface area contributed by atoms with Gasteiger partial charge in [0.15, 0.2) is 0 Å². The quantitative estimate of drug-likeness (QED) is 0.918. The van der Waals surface area contributed by atoms with Crippen molar-refractivity contribution in [1.29, 1.82) is 0 Å². The van der Waals surface area contributed by atoms with Gasteiger partial charge < -0.3 is 10.5 Å². The molecule has 0 saturated heterocycles. The molecule has 0 bridgehead atoms. The van der Waals surface area contributed by atoms with Crippen molar-refractivity contribution < 1.29 is 4.74 Å². The molecule has 2 N–H and O–H groups in total. The molecule has 82 valence electrons. The average molecular weight is 279 g/mol. The second-order valence-corrected chi connectivity index (χ2v) is 4.15. The van der Waals surface area contributed by atoms with E-state index in [9.17, 15) is 0 Å².